The van der Waals surface area contributed by atoms with Crippen LogP contribution in [0.5, 0.6) is 5.75 Å². The van der Waals surface area contributed by atoms with Gasteiger partial charge in [-0.3, -0.25) is 0 Å². The lowest BCUT2D eigenvalue weighted by molar-refractivity contribution is -0.0498. The molecule has 0 saturated heterocycles. The normalized spacial score (nSPS) is 12.9. The fourth-order valence-electron chi connectivity index (χ4n) is 2.28. The summed E-state index contributed by atoms with van der Waals surface area (Å²) in [5.41, 5.74) is 1.40. The van der Waals surface area contributed by atoms with Gasteiger partial charge >= 0.3 is 6.61 Å². The van der Waals surface area contributed by atoms with Gasteiger partial charge in [0.1, 0.15) is 18.1 Å². The van der Waals surface area contributed by atoms with Gasteiger partial charge in [0.05, 0.1) is 11.8 Å². The summed E-state index contributed by atoms with van der Waals surface area (Å²) < 4.78 is 34.1. The molecule has 0 aliphatic rings. The van der Waals surface area contributed by atoms with Gasteiger partial charge in [-0.2, -0.15) is 8.78 Å². The summed E-state index contributed by atoms with van der Waals surface area (Å²) in [6, 6.07) is 5.84. The third kappa shape index (κ3) is 6.52. The fourth-order valence-corrected chi connectivity index (χ4v) is 2.28. The van der Waals surface area contributed by atoms with E-state index in [1.54, 1.807) is 0 Å². The molecule has 0 aliphatic heterocycles. The maximum atomic E-state index is 12.2. The van der Waals surface area contributed by atoms with E-state index in [-0.39, 0.29) is 18.8 Å². The average Bonchev–Trinajstić information content (AvgIpc) is 2.95. The lowest BCUT2D eigenvalue weighted by atomic mass is 10.1. The Kier molecular flexibility index (Phi) is 7.54. The first-order valence-corrected chi connectivity index (χ1v) is 8.57. The highest BCUT2D eigenvalue weighted by Gasteiger charge is 2.11. The first kappa shape index (κ1) is 20.6. The molecule has 0 bridgehead atoms. The number of nitrogens with one attached hydrogen (secondary N) is 2. The number of guanidine groups is 1. The van der Waals surface area contributed by atoms with E-state index in [0.717, 1.165) is 11.5 Å². The second-order valence-corrected chi connectivity index (χ2v) is 5.79. The van der Waals surface area contributed by atoms with Crippen molar-refractivity contribution in [3.8, 4) is 5.75 Å². The van der Waals surface area contributed by atoms with Crippen molar-refractivity contribution in [1.29, 1.82) is 0 Å². The van der Waals surface area contributed by atoms with E-state index in [1.807, 2.05) is 20.8 Å². The summed E-state index contributed by atoms with van der Waals surface area (Å²) in [5, 5.41) is 16.4. The van der Waals surface area contributed by atoms with Crippen LogP contribution in [0.15, 0.2) is 33.7 Å². The summed E-state index contributed by atoms with van der Waals surface area (Å²) in [5.74, 6) is 1.81. The Balaban J connectivity index is 1.92. The molecular formula is C18H24F2N4O3. The van der Waals surface area contributed by atoms with Crippen LogP contribution in [0.2, 0.25) is 0 Å². The first-order valence-electron chi connectivity index (χ1n) is 8.57. The zero-order valence-corrected chi connectivity index (χ0v) is 15.5. The Morgan fingerprint density at radius 2 is 1.96 bits per heavy atom. The molecule has 0 saturated carbocycles. The summed E-state index contributed by atoms with van der Waals surface area (Å²) in [6.07, 6.45) is -0.847. The predicted octanol–water partition coefficient (Wildman–Crippen LogP) is 2.68. The van der Waals surface area contributed by atoms with Crippen molar-refractivity contribution < 1.29 is 23.0 Å². The fraction of sp³-hybridized carbons (Fsp3) is 0.444. The van der Waals surface area contributed by atoms with Gasteiger partial charge in [0.15, 0.2) is 5.96 Å². The van der Waals surface area contributed by atoms with Crippen LogP contribution in [0.25, 0.3) is 0 Å². The number of aliphatic hydroxyl groups is 1. The molecule has 0 fully saturated rings. The molecule has 2 aromatic rings. The van der Waals surface area contributed by atoms with E-state index >= 15 is 0 Å². The number of aliphatic imine (C=N–C) groups is 1. The number of nitrogens with zero attached hydrogens (tertiary/aromatic N) is 2. The molecule has 0 spiro atoms. The number of rotatable bonds is 8. The Morgan fingerprint density at radius 1 is 1.26 bits per heavy atom. The summed E-state index contributed by atoms with van der Waals surface area (Å²) >= 11 is 0. The molecule has 7 nitrogen and oxygen atoms in total. The molecule has 3 N–H and O–H groups in total. The third-order valence-corrected chi connectivity index (χ3v) is 3.74. The number of aliphatic hydroxyl groups excluding tert-OH is 1. The minimum absolute atomic E-state index is 0.0420. The quantitative estimate of drug-likeness (QED) is 0.480. The largest absolute Gasteiger partial charge is 0.444 e. The average molecular weight is 382 g/mol. The van der Waals surface area contributed by atoms with Gasteiger partial charge in [-0.05, 0) is 38.5 Å². The molecule has 27 heavy (non-hydrogen) atoms. The van der Waals surface area contributed by atoms with Crippen LogP contribution in [0.1, 0.15) is 35.9 Å². The number of halogens is 2. The van der Waals surface area contributed by atoms with Gasteiger partial charge in [0.2, 0.25) is 5.89 Å². The molecule has 0 amide bonds. The minimum Gasteiger partial charge on any atom is -0.444 e. The van der Waals surface area contributed by atoms with Crippen molar-refractivity contribution in [2.24, 2.45) is 4.99 Å². The number of aryl methyl sites for hydroxylation is 2. The minimum atomic E-state index is -2.88. The topological polar surface area (TPSA) is 91.9 Å². The highest BCUT2D eigenvalue weighted by Crippen LogP contribution is 2.19. The van der Waals surface area contributed by atoms with Crippen LogP contribution in [0.4, 0.5) is 8.78 Å². The van der Waals surface area contributed by atoms with Gasteiger partial charge < -0.3 is 24.9 Å². The molecule has 1 heterocycles. The van der Waals surface area contributed by atoms with Crippen LogP contribution >= 0.6 is 0 Å². The van der Waals surface area contributed by atoms with E-state index in [0.29, 0.717) is 24.0 Å². The van der Waals surface area contributed by atoms with Crippen LogP contribution in [0.3, 0.4) is 0 Å². The van der Waals surface area contributed by atoms with Crippen LogP contribution < -0.4 is 15.4 Å². The lowest BCUT2D eigenvalue weighted by Gasteiger charge is -2.15. The second kappa shape index (κ2) is 9.86. The molecule has 148 valence electrons. The highest BCUT2D eigenvalue weighted by atomic mass is 19.3. The molecule has 0 radical (unpaired) electrons. The van der Waals surface area contributed by atoms with Crippen molar-refractivity contribution in [3.05, 3.63) is 47.2 Å². The van der Waals surface area contributed by atoms with Crippen molar-refractivity contribution in [1.82, 2.24) is 15.6 Å². The highest BCUT2D eigenvalue weighted by molar-refractivity contribution is 5.79. The summed E-state index contributed by atoms with van der Waals surface area (Å²) in [4.78, 5) is 8.64. The van der Waals surface area contributed by atoms with E-state index in [1.165, 1.54) is 24.3 Å². The van der Waals surface area contributed by atoms with E-state index < -0.39 is 12.7 Å². The lowest BCUT2D eigenvalue weighted by Crippen LogP contribution is -2.39. The number of alkyl halides is 2. The Bertz CT molecular complexity index is 728. The van der Waals surface area contributed by atoms with Crippen molar-refractivity contribution in [2.45, 2.75) is 40.0 Å². The third-order valence-electron chi connectivity index (χ3n) is 3.74. The van der Waals surface area contributed by atoms with Crippen LogP contribution in [0, 0.1) is 13.8 Å². The molecule has 1 aromatic carbocycles. The number of hydrogen-bond donors (Lipinski definition) is 3. The number of ether oxygens (including phenoxy) is 1. The van der Waals surface area contributed by atoms with E-state index in [4.69, 9.17) is 4.42 Å². The Hall–Kier alpha value is -2.68. The molecule has 1 unspecified atom stereocenters. The smallest absolute Gasteiger partial charge is 0.387 e. The maximum absolute atomic E-state index is 12.2. The summed E-state index contributed by atoms with van der Waals surface area (Å²) in [6.45, 7) is 3.85. The van der Waals surface area contributed by atoms with Crippen molar-refractivity contribution in [3.63, 3.8) is 0 Å². The van der Waals surface area contributed by atoms with Gasteiger partial charge in [0, 0.05) is 13.1 Å². The summed E-state index contributed by atoms with van der Waals surface area (Å²) in [7, 11) is 0. The standard InChI is InChI=1S/C18H24F2N4O3/c1-4-21-18(23-10-16-24-11(2)12(3)26-16)22-9-15(25)13-5-7-14(8-6-13)27-17(19)20/h5-8,15,17,25H,4,9-10H2,1-3H3,(H2,21,22,23). The van der Waals surface area contributed by atoms with Crippen LogP contribution in [-0.2, 0) is 6.54 Å². The van der Waals surface area contributed by atoms with Gasteiger partial charge in [-0.15, -0.1) is 0 Å². The van der Waals surface area contributed by atoms with Crippen molar-refractivity contribution >= 4 is 5.96 Å². The van der Waals surface area contributed by atoms with Crippen LogP contribution in [-0.4, -0.2) is 35.8 Å². The molecule has 1 atom stereocenters. The monoisotopic (exact) mass is 382 g/mol. The molecular weight excluding hydrogens is 358 g/mol. The zero-order chi connectivity index (χ0) is 19.8. The SMILES string of the molecule is CCNC(=NCc1nc(C)c(C)o1)NCC(O)c1ccc(OC(F)F)cc1. The zero-order valence-electron chi connectivity index (χ0n) is 15.5. The first-order chi connectivity index (χ1) is 12.9. The predicted molar refractivity (Wildman–Crippen MR) is 96.8 cm³/mol. The number of hydrogen-bond acceptors (Lipinski definition) is 5. The number of benzene rings is 1. The van der Waals surface area contributed by atoms with Gasteiger partial charge in [0.25, 0.3) is 0 Å². The maximum Gasteiger partial charge on any atom is 0.387 e. The molecule has 2 rings (SSSR count). The number of aromatic nitrogens is 1. The Morgan fingerprint density at radius 3 is 2.52 bits per heavy atom. The molecule has 9 heteroatoms. The Labute approximate surface area is 156 Å². The second-order valence-electron chi connectivity index (χ2n) is 5.79. The van der Waals surface area contributed by atoms with Crippen molar-refractivity contribution in [2.75, 3.05) is 13.1 Å². The van der Waals surface area contributed by atoms with Gasteiger partial charge in [-0.25, -0.2) is 9.98 Å². The number of oxazole rings is 1. The molecule has 1 aromatic heterocycles. The van der Waals surface area contributed by atoms with E-state index in [2.05, 4.69) is 25.3 Å². The molecule has 0 aliphatic carbocycles. The van der Waals surface area contributed by atoms with E-state index in [9.17, 15) is 13.9 Å². The van der Waals surface area contributed by atoms with Gasteiger partial charge in [-0.1, -0.05) is 12.1 Å².